The molecular formula is C17H15OS2+. The fourth-order valence-electron chi connectivity index (χ4n) is 2.22. The summed E-state index contributed by atoms with van der Waals surface area (Å²) in [4.78, 5) is 2.54. The Morgan fingerprint density at radius 1 is 0.900 bits per heavy atom. The van der Waals surface area contributed by atoms with Gasteiger partial charge in [0.2, 0.25) is 0 Å². The van der Waals surface area contributed by atoms with E-state index in [0.717, 1.165) is 11.1 Å². The third kappa shape index (κ3) is 2.47. The van der Waals surface area contributed by atoms with Crippen LogP contribution in [0.2, 0.25) is 0 Å². The van der Waals surface area contributed by atoms with Crippen molar-refractivity contribution in [3.05, 3.63) is 59.7 Å². The average Bonchev–Trinajstić information content (AvgIpc) is 2.95. The molecule has 0 spiro atoms. The first kappa shape index (κ1) is 13.3. The first-order chi connectivity index (χ1) is 9.65. The zero-order chi connectivity index (χ0) is 14.1. The molecular weight excluding hydrogens is 284 g/mol. The van der Waals surface area contributed by atoms with Crippen LogP contribution < -0.4 is 0 Å². The van der Waals surface area contributed by atoms with Crippen LogP contribution in [0.15, 0.2) is 48.5 Å². The molecule has 3 aromatic rings. The lowest BCUT2D eigenvalue weighted by molar-refractivity contribution is 0.467. The van der Waals surface area contributed by atoms with Gasteiger partial charge in [-0.1, -0.05) is 30.3 Å². The van der Waals surface area contributed by atoms with Gasteiger partial charge in [0.05, 0.1) is 4.88 Å². The summed E-state index contributed by atoms with van der Waals surface area (Å²) in [6.45, 7) is 3.89. The predicted octanol–water partition coefficient (Wildman–Crippen LogP) is 5.75. The van der Waals surface area contributed by atoms with Gasteiger partial charge in [-0.3, -0.25) is 0 Å². The summed E-state index contributed by atoms with van der Waals surface area (Å²) in [6, 6.07) is 16.8. The first-order valence-corrected chi connectivity index (χ1v) is 8.59. The van der Waals surface area contributed by atoms with Crippen LogP contribution in [-0.2, 0) is 0 Å². The normalized spacial score (nSPS) is 10.7. The molecule has 0 amide bonds. The number of aromatic hydroxyl groups is 1. The summed E-state index contributed by atoms with van der Waals surface area (Å²) < 4.78 is 0. The van der Waals surface area contributed by atoms with E-state index < -0.39 is 0 Å². The minimum absolute atomic E-state index is 0.400. The Bertz CT molecular complexity index is 722. The highest BCUT2D eigenvalue weighted by atomic mass is 32.9. The standard InChI is InChI=1S/C17H14OS2/c1-11-8-14(9-12(2)17(11)18)16-10-15(19-20-16)13-6-4-3-5-7-13/h3-10H,1-2H3/p+1. The van der Waals surface area contributed by atoms with Crippen molar-refractivity contribution in [3.63, 3.8) is 0 Å². The van der Waals surface area contributed by atoms with Gasteiger partial charge >= 0.3 is 10.3 Å². The van der Waals surface area contributed by atoms with E-state index in [2.05, 4.69) is 42.5 Å². The number of hydrogen-bond acceptors (Lipinski definition) is 2. The monoisotopic (exact) mass is 299 g/mol. The molecule has 0 unspecified atom stereocenters. The molecule has 0 bridgehead atoms. The number of phenols is 1. The Balaban J connectivity index is 2.03. The van der Waals surface area contributed by atoms with Gasteiger partial charge in [0, 0.05) is 11.6 Å². The Kier molecular flexibility index (Phi) is 3.55. The van der Waals surface area contributed by atoms with Gasteiger partial charge in [-0.2, -0.15) is 0 Å². The van der Waals surface area contributed by atoms with Gasteiger partial charge in [0.1, 0.15) is 5.75 Å². The van der Waals surface area contributed by atoms with Crippen molar-refractivity contribution < 1.29 is 5.11 Å². The summed E-state index contributed by atoms with van der Waals surface area (Å²) in [6.07, 6.45) is 0. The van der Waals surface area contributed by atoms with Crippen molar-refractivity contribution in [2.75, 3.05) is 0 Å². The number of phenolic OH excluding ortho intramolecular Hbond substituents is 1. The number of benzene rings is 2. The fraction of sp³-hybridized carbons (Fsp3) is 0.118. The van der Waals surface area contributed by atoms with Gasteiger partial charge in [-0.05, 0) is 42.7 Å². The molecule has 1 N–H and O–H groups in total. The van der Waals surface area contributed by atoms with Crippen molar-refractivity contribution in [1.82, 2.24) is 0 Å². The largest absolute Gasteiger partial charge is 0.507 e. The maximum Gasteiger partial charge on any atom is 0.301 e. The van der Waals surface area contributed by atoms with Crippen LogP contribution >= 0.6 is 20.7 Å². The fourth-order valence-corrected chi connectivity index (χ4v) is 4.66. The van der Waals surface area contributed by atoms with Crippen LogP contribution in [0.1, 0.15) is 11.1 Å². The molecule has 1 nitrogen and oxygen atoms in total. The molecule has 0 atom stereocenters. The van der Waals surface area contributed by atoms with Crippen molar-refractivity contribution >= 4 is 20.7 Å². The quantitative estimate of drug-likeness (QED) is 0.472. The van der Waals surface area contributed by atoms with E-state index in [-0.39, 0.29) is 0 Å². The summed E-state index contributed by atoms with van der Waals surface area (Å²) in [7, 11) is 3.57. The molecule has 0 saturated carbocycles. The van der Waals surface area contributed by atoms with Crippen LogP contribution in [0.25, 0.3) is 20.9 Å². The zero-order valence-corrected chi connectivity index (χ0v) is 13.0. The molecule has 0 saturated heterocycles. The average molecular weight is 299 g/mol. The predicted molar refractivity (Wildman–Crippen MR) is 88.6 cm³/mol. The summed E-state index contributed by atoms with van der Waals surface area (Å²) >= 11 is 0. The van der Waals surface area contributed by atoms with Crippen LogP contribution in [0, 0.1) is 13.8 Å². The number of hydrogen-bond donors (Lipinski definition) is 1. The Labute approximate surface area is 126 Å². The van der Waals surface area contributed by atoms with E-state index in [1.807, 2.05) is 19.9 Å². The van der Waals surface area contributed by atoms with Crippen molar-refractivity contribution in [1.29, 1.82) is 0 Å². The molecule has 2 aromatic carbocycles. The zero-order valence-electron chi connectivity index (χ0n) is 11.4. The smallest absolute Gasteiger partial charge is 0.301 e. The lowest BCUT2D eigenvalue weighted by atomic mass is 10.0. The highest BCUT2D eigenvalue weighted by Gasteiger charge is 2.18. The van der Waals surface area contributed by atoms with Gasteiger partial charge in [-0.25, -0.2) is 0 Å². The molecule has 0 aliphatic heterocycles. The number of rotatable bonds is 2. The van der Waals surface area contributed by atoms with Crippen LogP contribution in [0.5, 0.6) is 5.75 Å². The minimum atomic E-state index is 0.400. The minimum Gasteiger partial charge on any atom is -0.507 e. The summed E-state index contributed by atoms with van der Waals surface area (Å²) in [5, 5.41) is 9.87. The second-order valence-electron chi connectivity index (χ2n) is 4.86. The molecule has 1 aromatic heterocycles. The molecule has 100 valence electrons. The lowest BCUT2D eigenvalue weighted by Gasteiger charge is -2.03. The van der Waals surface area contributed by atoms with Crippen LogP contribution in [-0.4, -0.2) is 5.11 Å². The molecule has 0 fully saturated rings. The van der Waals surface area contributed by atoms with Gasteiger partial charge in [-0.15, -0.1) is 0 Å². The topological polar surface area (TPSA) is 20.2 Å². The third-order valence-electron chi connectivity index (χ3n) is 3.32. The van der Waals surface area contributed by atoms with E-state index in [0.29, 0.717) is 5.75 Å². The summed E-state index contributed by atoms with van der Waals surface area (Å²) in [5.74, 6) is 0.400. The molecule has 20 heavy (non-hydrogen) atoms. The second-order valence-corrected chi connectivity index (χ2v) is 7.08. The van der Waals surface area contributed by atoms with Crippen molar-refractivity contribution in [2.45, 2.75) is 13.8 Å². The van der Waals surface area contributed by atoms with Gasteiger partial charge in [0.25, 0.3) is 4.88 Å². The van der Waals surface area contributed by atoms with Crippen LogP contribution in [0.4, 0.5) is 0 Å². The summed E-state index contributed by atoms with van der Waals surface area (Å²) in [5.41, 5.74) is 4.30. The van der Waals surface area contributed by atoms with E-state index in [1.54, 1.807) is 20.7 Å². The third-order valence-corrected chi connectivity index (χ3v) is 5.79. The van der Waals surface area contributed by atoms with Crippen LogP contribution in [0.3, 0.4) is 0 Å². The number of aryl methyl sites for hydroxylation is 2. The first-order valence-electron chi connectivity index (χ1n) is 6.44. The van der Waals surface area contributed by atoms with Gasteiger partial charge in [0.15, 0.2) is 10.3 Å². The molecule has 0 aliphatic rings. The maximum absolute atomic E-state index is 9.87. The van der Waals surface area contributed by atoms with Crippen molar-refractivity contribution in [3.8, 4) is 26.6 Å². The van der Waals surface area contributed by atoms with E-state index in [9.17, 15) is 5.11 Å². The Hall–Kier alpha value is -1.71. The maximum atomic E-state index is 9.87. The van der Waals surface area contributed by atoms with E-state index in [4.69, 9.17) is 0 Å². The molecule has 3 heteroatoms. The Morgan fingerprint density at radius 3 is 2.20 bits per heavy atom. The van der Waals surface area contributed by atoms with Crippen molar-refractivity contribution in [2.24, 2.45) is 0 Å². The molecule has 1 heterocycles. The highest BCUT2D eigenvalue weighted by molar-refractivity contribution is 7.72. The molecule has 3 rings (SSSR count). The van der Waals surface area contributed by atoms with Gasteiger partial charge < -0.3 is 5.11 Å². The lowest BCUT2D eigenvalue weighted by Crippen LogP contribution is -1.82. The second kappa shape index (κ2) is 5.35. The SMILES string of the molecule is Cc1cc(-c2cc(-c3ccccc3)s[s+]2)cc(C)c1O. The van der Waals surface area contributed by atoms with E-state index in [1.165, 1.54) is 20.9 Å². The molecule has 0 aliphatic carbocycles. The van der Waals surface area contributed by atoms with E-state index >= 15 is 0 Å². The highest BCUT2D eigenvalue weighted by Crippen LogP contribution is 2.39. The Morgan fingerprint density at radius 2 is 1.55 bits per heavy atom. The molecule has 0 radical (unpaired) electrons.